The summed E-state index contributed by atoms with van der Waals surface area (Å²) in [5.74, 6) is 3.43. The van der Waals surface area contributed by atoms with E-state index in [1.807, 2.05) is 25.1 Å². The van der Waals surface area contributed by atoms with E-state index in [9.17, 15) is 4.79 Å². The van der Waals surface area contributed by atoms with Gasteiger partial charge in [-0.25, -0.2) is 9.97 Å². The van der Waals surface area contributed by atoms with E-state index in [1.54, 1.807) is 11.4 Å². The second-order valence-corrected chi connectivity index (χ2v) is 6.23. The summed E-state index contributed by atoms with van der Waals surface area (Å²) in [6.07, 6.45) is 3.80. The fraction of sp³-hybridized carbons (Fsp3) is 0.412. The van der Waals surface area contributed by atoms with Crippen LogP contribution in [0.3, 0.4) is 0 Å². The number of nitrogens with zero attached hydrogens (tertiary/aromatic N) is 4. The molecule has 118 valence electrons. The number of aryl methyl sites for hydroxylation is 1. The first kappa shape index (κ1) is 14.1. The van der Waals surface area contributed by atoms with Crippen molar-refractivity contribution in [1.82, 2.24) is 19.6 Å². The van der Waals surface area contributed by atoms with E-state index < -0.39 is 0 Å². The molecule has 4 rings (SSSR count). The fourth-order valence-electron chi connectivity index (χ4n) is 2.85. The molecule has 0 spiro atoms. The van der Waals surface area contributed by atoms with Crippen LogP contribution in [0.2, 0.25) is 0 Å². The molecule has 0 atom stereocenters. The molecular formula is C17H18N4O2. The van der Waals surface area contributed by atoms with Crippen molar-refractivity contribution in [2.45, 2.75) is 45.4 Å². The van der Waals surface area contributed by atoms with Crippen LogP contribution in [0, 0.1) is 6.92 Å². The highest BCUT2D eigenvalue weighted by Gasteiger charge is 2.25. The number of Topliss-reactive ketones (excluding diaryl/α,β-unsaturated/α-hetero) is 1. The number of carbonyl (C=O) groups excluding carboxylic acids is 1. The third-order valence-electron chi connectivity index (χ3n) is 4.26. The summed E-state index contributed by atoms with van der Waals surface area (Å²) in [5, 5.41) is 4.64. The van der Waals surface area contributed by atoms with Gasteiger partial charge in [-0.1, -0.05) is 6.42 Å². The molecular weight excluding hydrogens is 292 g/mol. The minimum absolute atomic E-state index is 0.0714. The van der Waals surface area contributed by atoms with Crippen LogP contribution >= 0.6 is 0 Å². The number of aromatic nitrogens is 4. The predicted molar refractivity (Wildman–Crippen MR) is 84.2 cm³/mol. The average molecular weight is 310 g/mol. The lowest BCUT2D eigenvalue weighted by Gasteiger charge is -2.21. The van der Waals surface area contributed by atoms with Gasteiger partial charge in [-0.3, -0.25) is 4.79 Å². The Morgan fingerprint density at radius 3 is 2.78 bits per heavy atom. The van der Waals surface area contributed by atoms with Gasteiger partial charge in [0, 0.05) is 18.4 Å². The van der Waals surface area contributed by atoms with Crippen molar-refractivity contribution in [3.63, 3.8) is 0 Å². The van der Waals surface area contributed by atoms with Crippen LogP contribution in [0.4, 0.5) is 0 Å². The number of carbonyl (C=O) groups is 1. The molecule has 0 saturated heterocycles. The van der Waals surface area contributed by atoms with Crippen molar-refractivity contribution in [2.75, 3.05) is 0 Å². The number of ketones is 1. The third kappa shape index (κ3) is 2.54. The van der Waals surface area contributed by atoms with Crippen LogP contribution in [0.5, 0.6) is 0 Å². The zero-order valence-corrected chi connectivity index (χ0v) is 13.2. The zero-order chi connectivity index (χ0) is 16.0. The molecule has 1 saturated carbocycles. The Hall–Kier alpha value is -2.50. The molecule has 6 nitrogen and oxygen atoms in total. The van der Waals surface area contributed by atoms with E-state index in [0.29, 0.717) is 23.2 Å². The molecule has 3 aromatic heterocycles. The van der Waals surface area contributed by atoms with Gasteiger partial charge in [-0.05, 0) is 38.8 Å². The van der Waals surface area contributed by atoms with Crippen molar-refractivity contribution in [3.8, 4) is 11.6 Å². The Morgan fingerprint density at radius 2 is 2.17 bits per heavy atom. The molecule has 0 bridgehead atoms. The lowest BCUT2D eigenvalue weighted by Crippen LogP contribution is -2.10. The minimum atomic E-state index is 0.0714. The number of hydrogen-bond acceptors (Lipinski definition) is 5. The molecule has 0 aromatic carbocycles. The molecule has 0 N–H and O–H groups in total. The summed E-state index contributed by atoms with van der Waals surface area (Å²) in [5.41, 5.74) is 1.42. The maximum Gasteiger partial charge on any atom is 0.199 e. The first-order valence-electron chi connectivity index (χ1n) is 7.93. The lowest BCUT2D eigenvalue weighted by atomic mass is 9.85. The van der Waals surface area contributed by atoms with Gasteiger partial charge in [-0.15, -0.1) is 5.10 Å². The number of furan rings is 1. The van der Waals surface area contributed by atoms with E-state index in [2.05, 4.69) is 15.1 Å². The topological polar surface area (TPSA) is 73.3 Å². The molecule has 3 aromatic rings. The Morgan fingerprint density at radius 1 is 1.35 bits per heavy atom. The summed E-state index contributed by atoms with van der Waals surface area (Å²) in [7, 11) is 0. The minimum Gasteiger partial charge on any atom is -0.458 e. The van der Waals surface area contributed by atoms with Crippen LogP contribution < -0.4 is 0 Å². The molecule has 1 aliphatic carbocycles. The van der Waals surface area contributed by atoms with Gasteiger partial charge in [0.2, 0.25) is 0 Å². The average Bonchev–Trinajstić information content (AvgIpc) is 3.01. The fourth-order valence-corrected chi connectivity index (χ4v) is 2.85. The summed E-state index contributed by atoms with van der Waals surface area (Å²) in [4.78, 5) is 20.7. The smallest absolute Gasteiger partial charge is 0.199 e. The van der Waals surface area contributed by atoms with Crippen molar-refractivity contribution in [3.05, 3.63) is 35.5 Å². The normalized spacial score (nSPS) is 15.0. The first-order chi connectivity index (χ1) is 11.1. The van der Waals surface area contributed by atoms with Crippen LogP contribution in [-0.4, -0.2) is 25.4 Å². The van der Waals surface area contributed by atoms with E-state index >= 15 is 0 Å². The van der Waals surface area contributed by atoms with Gasteiger partial charge >= 0.3 is 0 Å². The van der Waals surface area contributed by atoms with Crippen LogP contribution in [0.25, 0.3) is 17.2 Å². The van der Waals surface area contributed by atoms with Crippen LogP contribution in [0.15, 0.2) is 22.6 Å². The molecule has 6 heteroatoms. The first-order valence-corrected chi connectivity index (χ1v) is 7.93. The van der Waals surface area contributed by atoms with Gasteiger partial charge in [0.25, 0.3) is 0 Å². The largest absolute Gasteiger partial charge is 0.458 e. The Balaban J connectivity index is 1.88. The summed E-state index contributed by atoms with van der Waals surface area (Å²) < 4.78 is 7.44. The molecule has 0 unspecified atom stereocenters. The van der Waals surface area contributed by atoms with E-state index in [0.717, 1.165) is 30.1 Å². The number of fused-ring (bicyclic) bond motifs is 1. The van der Waals surface area contributed by atoms with Crippen LogP contribution in [0.1, 0.15) is 49.4 Å². The van der Waals surface area contributed by atoms with Crippen molar-refractivity contribution >= 4 is 11.4 Å². The van der Waals surface area contributed by atoms with Gasteiger partial charge in [0.15, 0.2) is 23.1 Å². The second kappa shape index (κ2) is 5.30. The lowest BCUT2D eigenvalue weighted by molar-refractivity contribution is -0.116. The Labute approximate surface area is 133 Å². The van der Waals surface area contributed by atoms with Gasteiger partial charge in [0.05, 0.1) is 5.69 Å². The molecule has 0 radical (unpaired) electrons. The number of hydrogen-bond donors (Lipinski definition) is 0. The molecule has 0 aliphatic heterocycles. The standard InChI is InChI=1S/C17H18N4O2/c1-10(22)8-13-9-15-19-16(12-4-3-5-12)20-21(15)17(18-13)14-7-6-11(2)23-14/h6-7,9,12H,3-5,8H2,1-2H3. The van der Waals surface area contributed by atoms with Crippen molar-refractivity contribution < 1.29 is 9.21 Å². The third-order valence-corrected chi connectivity index (χ3v) is 4.26. The quantitative estimate of drug-likeness (QED) is 0.740. The zero-order valence-electron chi connectivity index (χ0n) is 13.2. The van der Waals surface area contributed by atoms with E-state index in [4.69, 9.17) is 4.42 Å². The Kier molecular flexibility index (Phi) is 3.25. The molecule has 1 aliphatic rings. The highest BCUT2D eigenvalue weighted by molar-refractivity contribution is 5.78. The van der Waals surface area contributed by atoms with Gasteiger partial charge in [0.1, 0.15) is 11.5 Å². The monoisotopic (exact) mass is 310 g/mol. The maximum absolute atomic E-state index is 11.5. The molecule has 0 amide bonds. The Bertz CT molecular complexity index is 889. The van der Waals surface area contributed by atoms with Crippen molar-refractivity contribution in [1.29, 1.82) is 0 Å². The summed E-state index contributed by atoms with van der Waals surface area (Å²) in [6, 6.07) is 5.61. The molecule has 3 heterocycles. The van der Waals surface area contributed by atoms with E-state index in [-0.39, 0.29) is 12.2 Å². The van der Waals surface area contributed by atoms with Crippen molar-refractivity contribution in [2.24, 2.45) is 0 Å². The highest BCUT2D eigenvalue weighted by Crippen LogP contribution is 2.35. The SMILES string of the molecule is CC(=O)Cc1cc2nc(C3CCC3)nn2c(-c2ccc(C)o2)n1. The molecule has 23 heavy (non-hydrogen) atoms. The summed E-state index contributed by atoms with van der Waals surface area (Å²) in [6.45, 7) is 3.45. The number of rotatable bonds is 4. The van der Waals surface area contributed by atoms with Crippen LogP contribution in [-0.2, 0) is 11.2 Å². The van der Waals surface area contributed by atoms with E-state index in [1.165, 1.54) is 6.42 Å². The second-order valence-electron chi connectivity index (χ2n) is 6.23. The highest BCUT2D eigenvalue weighted by atomic mass is 16.3. The van der Waals surface area contributed by atoms with Gasteiger partial charge in [-0.2, -0.15) is 4.52 Å². The summed E-state index contributed by atoms with van der Waals surface area (Å²) >= 11 is 0. The predicted octanol–water partition coefficient (Wildman–Crippen LogP) is 3.09. The van der Waals surface area contributed by atoms with Gasteiger partial charge < -0.3 is 4.42 Å². The molecule has 1 fully saturated rings. The maximum atomic E-state index is 11.5.